The smallest absolute Gasteiger partial charge is 0.360 e. The number of alkyl halides is 2. The van der Waals surface area contributed by atoms with Crippen molar-refractivity contribution < 1.29 is 18.3 Å². The average molecular weight is 246 g/mol. The van der Waals surface area contributed by atoms with Crippen molar-refractivity contribution in [1.29, 1.82) is 0 Å². The van der Waals surface area contributed by atoms with Crippen LogP contribution in [0.15, 0.2) is 0 Å². The number of carbonyl (C=O) groups is 1. The summed E-state index contributed by atoms with van der Waals surface area (Å²) in [4.78, 5) is 11.3. The first-order valence-electron chi connectivity index (χ1n) is 5.17. The molecule has 1 saturated heterocycles. The van der Waals surface area contributed by atoms with Gasteiger partial charge in [0.25, 0.3) is 6.43 Å². The fraction of sp³-hybridized carbons (Fsp3) is 0.667. The van der Waals surface area contributed by atoms with Gasteiger partial charge in [-0.3, -0.25) is 0 Å². The topological polar surface area (TPSA) is 69.0 Å². The van der Waals surface area contributed by atoms with Gasteiger partial charge in [-0.15, -0.1) is 5.10 Å². The van der Waals surface area contributed by atoms with Crippen molar-refractivity contribution in [1.82, 2.24) is 20.3 Å². The molecular weight excluding hydrogens is 234 g/mol. The summed E-state index contributed by atoms with van der Waals surface area (Å²) in [5.41, 5.74) is -0.875. The summed E-state index contributed by atoms with van der Waals surface area (Å²) in [6, 6.07) is -0.190. The number of nitrogens with one attached hydrogen (secondary N) is 1. The van der Waals surface area contributed by atoms with Crippen molar-refractivity contribution in [2.24, 2.45) is 0 Å². The molecule has 1 aliphatic heterocycles. The van der Waals surface area contributed by atoms with Crippen LogP contribution in [-0.2, 0) is 4.74 Å². The molecule has 1 aromatic rings. The highest BCUT2D eigenvalue weighted by Crippen LogP contribution is 2.26. The maximum atomic E-state index is 12.9. The molecule has 0 amide bonds. The molecule has 2 heterocycles. The number of ether oxygens (including phenoxy) is 1. The maximum absolute atomic E-state index is 12.9. The van der Waals surface area contributed by atoms with Crippen molar-refractivity contribution in [3.05, 3.63) is 11.4 Å². The van der Waals surface area contributed by atoms with Gasteiger partial charge in [0.05, 0.1) is 13.2 Å². The van der Waals surface area contributed by atoms with Crippen LogP contribution in [0.3, 0.4) is 0 Å². The largest absolute Gasteiger partial charge is 0.464 e. The van der Waals surface area contributed by atoms with E-state index < -0.39 is 23.8 Å². The number of aromatic nitrogens is 3. The zero-order valence-electron chi connectivity index (χ0n) is 9.19. The summed E-state index contributed by atoms with van der Waals surface area (Å²) < 4.78 is 31.4. The third-order valence-corrected chi connectivity index (χ3v) is 2.70. The number of methoxy groups -OCH3 is 1. The van der Waals surface area contributed by atoms with E-state index in [4.69, 9.17) is 0 Å². The van der Waals surface area contributed by atoms with E-state index in [1.54, 1.807) is 0 Å². The lowest BCUT2D eigenvalue weighted by Gasteiger charge is -2.12. The van der Waals surface area contributed by atoms with Crippen molar-refractivity contribution in [3.8, 4) is 0 Å². The minimum atomic E-state index is -2.81. The predicted molar refractivity (Wildman–Crippen MR) is 52.8 cm³/mol. The Kier molecular flexibility index (Phi) is 3.32. The average Bonchev–Trinajstić information content (AvgIpc) is 2.95. The van der Waals surface area contributed by atoms with E-state index in [0.717, 1.165) is 18.3 Å². The predicted octanol–water partition coefficient (Wildman–Crippen LogP) is 0.537. The van der Waals surface area contributed by atoms with Crippen LogP contribution in [0.25, 0.3) is 0 Å². The molecule has 0 spiro atoms. The molecule has 1 aliphatic rings. The molecule has 0 aromatic carbocycles. The molecular formula is C9H12F2N4O2. The molecule has 0 aliphatic carbocycles. The second-order valence-electron chi connectivity index (χ2n) is 3.71. The first-order valence-corrected chi connectivity index (χ1v) is 5.17. The van der Waals surface area contributed by atoms with Crippen molar-refractivity contribution >= 4 is 5.97 Å². The standard InChI is InChI=1S/C9H12F2N4O2/c1-17-9(16)6-7(8(10)11)15(14-13-6)5-2-3-12-4-5/h5,8,12H,2-4H2,1H3. The van der Waals surface area contributed by atoms with Crippen LogP contribution in [0, 0.1) is 0 Å². The van der Waals surface area contributed by atoms with Crippen LogP contribution >= 0.6 is 0 Å². The molecule has 17 heavy (non-hydrogen) atoms. The molecule has 0 bridgehead atoms. The van der Waals surface area contributed by atoms with Crippen LogP contribution in [0.5, 0.6) is 0 Å². The number of halogens is 2. The Labute approximate surface area is 95.9 Å². The van der Waals surface area contributed by atoms with Gasteiger partial charge in [-0.1, -0.05) is 5.21 Å². The van der Waals surface area contributed by atoms with E-state index in [1.165, 1.54) is 0 Å². The van der Waals surface area contributed by atoms with Gasteiger partial charge >= 0.3 is 5.97 Å². The number of hydrogen-bond acceptors (Lipinski definition) is 5. The monoisotopic (exact) mass is 246 g/mol. The van der Waals surface area contributed by atoms with Gasteiger partial charge in [0.2, 0.25) is 0 Å². The Hall–Kier alpha value is -1.57. The van der Waals surface area contributed by atoms with E-state index >= 15 is 0 Å². The summed E-state index contributed by atoms with van der Waals surface area (Å²) >= 11 is 0. The van der Waals surface area contributed by atoms with Gasteiger partial charge in [0.1, 0.15) is 5.69 Å². The first-order chi connectivity index (χ1) is 8.15. The third kappa shape index (κ3) is 2.12. The van der Waals surface area contributed by atoms with E-state index in [1.807, 2.05) is 0 Å². The zero-order chi connectivity index (χ0) is 12.4. The van der Waals surface area contributed by atoms with E-state index in [-0.39, 0.29) is 6.04 Å². The van der Waals surface area contributed by atoms with Gasteiger partial charge in [-0.25, -0.2) is 18.3 Å². The molecule has 0 saturated carbocycles. The highest BCUT2D eigenvalue weighted by atomic mass is 19.3. The number of carbonyl (C=O) groups excluding carboxylic acids is 1. The highest BCUT2D eigenvalue weighted by molar-refractivity contribution is 5.88. The maximum Gasteiger partial charge on any atom is 0.360 e. The lowest BCUT2D eigenvalue weighted by atomic mass is 10.2. The zero-order valence-corrected chi connectivity index (χ0v) is 9.19. The van der Waals surface area contributed by atoms with Gasteiger partial charge in [-0.2, -0.15) is 0 Å². The summed E-state index contributed by atoms with van der Waals surface area (Å²) in [5.74, 6) is -0.891. The van der Waals surface area contributed by atoms with Crippen molar-refractivity contribution in [3.63, 3.8) is 0 Å². The van der Waals surface area contributed by atoms with Crippen LogP contribution in [0.4, 0.5) is 8.78 Å². The molecule has 8 heteroatoms. The van der Waals surface area contributed by atoms with E-state index in [9.17, 15) is 13.6 Å². The molecule has 6 nitrogen and oxygen atoms in total. The molecule has 94 valence electrons. The fourth-order valence-electron chi connectivity index (χ4n) is 1.86. The Morgan fingerprint density at radius 2 is 2.41 bits per heavy atom. The fourth-order valence-corrected chi connectivity index (χ4v) is 1.86. The molecule has 1 unspecified atom stereocenters. The summed E-state index contributed by atoms with van der Waals surface area (Å²) in [7, 11) is 1.12. The van der Waals surface area contributed by atoms with Gasteiger partial charge in [0.15, 0.2) is 5.69 Å². The normalized spacial score (nSPS) is 19.9. The summed E-state index contributed by atoms with van der Waals surface area (Å²) in [6.45, 7) is 1.28. The Bertz CT molecular complexity index is 415. The molecule has 0 radical (unpaired) electrons. The Balaban J connectivity index is 2.38. The SMILES string of the molecule is COC(=O)c1nnn(C2CCNC2)c1C(F)F. The second-order valence-corrected chi connectivity index (χ2v) is 3.71. The molecule has 1 fully saturated rings. The van der Waals surface area contributed by atoms with Gasteiger partial charge in [0, 0.05) is 6.54 Å². The van der Waals surface area contributed by atoms with Crippen LogP contribution in [0.2, 0.25) is 0 Å². The highest BCUT2D eigenvalue weighted by Gasteiger charge is 2.31. The minimum absolute atomic E-state index is 0.190. The molecule has 1 N–H and O–H groups in total. The van der Waals surface area contributed by atoms with E-state index in [2.05, 4.69) is 20.4 Å². The molecule has 1 atom stereocenters. The molecule has 2 rings (SSSR count). The number of hydrogen-bond donors (Lipinski definition) is 1. The van der Waals surface area contributed by atoms with Crippen LogP contribution < -0.4 is 5.32 Å². The van der Waals surface area contributed by atoms with Crippen LogP contribution in [0.1, 0.15) is 35.1 Å². The quantitative estimate of drug-likeness (QED) is 0.788. The number of rotatable bonds is 3. The Morgan fingerprint density at radius 1 is 1.65 bits per heavy atom. The van der Waals surface area contributed by atoms with Gasteiger partial charge in [-0.05, 0) is 13.0 Å². The summed E-state index contributed by atoms with van der Waals surface area (Å²) in [5, 5.41) is 10.2. The molecule has 1 aromatic heterocycles. The summed E-state index contributed by atoms with van der Waals surface area (Å²) in [6.07, 6.45) is -2.12. The lowest BCUT2D eigenvalue weighted by molar-refractivity contribution is 0.0580. The first kappa shape index (κ1) is 11.9. The van der Waals surface area contributed by atoms with Crippen molar-refractivity contribution in [2.75, 3.05) is 20.2 Å². The lowest BCUT2D eigenvalue weighted by Crippen LogP contribution is -2.18. The second kappa shape index (κ2) is 4.74. The van der Waals surface area contributed by atoms with Gasteiger partial charge < -0.3 is 10.1 Å². The van der Waals surface area contributed by atoms with Crippen molar-refractivity contribution in [2.45, 2.75) is 18.9 Å². The number of nitrogens with zero attached hydrogens (tertiary/aromatic N) is 3. The Morgan fingerprint density at radius 3 is 2.94 bits per heavy atom. The van der Waals surface area contributed by atoms with E-state index in [0.29, 0.717) is 13.0 Å². The van der Waals surface area contributed by atoms with Crippen LogP contribution in [-0.4, -0.2) is 41.2 Å². The third-order valence-electron chi connectivity index (χ3n) is 2.70. The number of esters is 1. The minimum Gasteiger partial charge on any atom is -0.464 e.